The molecule has 6 bridgehead atoms. The summed E-state index contributed by atoms with van der Waals surface area (Å²) in [5.41, 5.74) is 24.0. The molecule has 3 aliphatic heterocycles. The molecule has 2 unspecified atom stereocenters. The van der Waals surface area contributed by atoms with Crippen LogP contribution < -0.4 is 20.6 Å². The first kappa shape index (κ1) is 45.3. The largest absolute Gasteiger partial charge is 0.376 e. The van der Waals surface area contributed by atoms with Gasteiger partial charge in [-0.25, -0.2) is 0 Å². The van der Waals surface area contributed by atoms with Crippen LogP contribution in [-0.2, 0) is 16.2 Å². The lowest BCUT2D eigenvalue weighted by atomic mass is 9.41. The Hall–Kier alpha value is -7.56. The van der Waals surface area contributed by atoms with Crippen LogP contribution in [0, 0.1) is 29.6 Å². The molecule has 2 atom stereocenters. The molecule has 4 heterocycles. The zero-order valence-corrected chi connectivity index (χ0v) is 45.4. The number of benzene rings is 9. The standard InChI is InChI=1S/C75H66BN3/c1-2-73(43-48-30-31-49(34-48)44-73)55-32-33-67-61(38-55)63-39-56(74-45-50-35-51(46-74)37-52(36-50)47-74)40-66-72(63)78(67)69-42-59(77(57-22-11-5-12-23-57)58-24-13-6-14-25-58)41-62-60-26-17-28-65-71(60)79(76(66)70(62)69)68-29-16-15-27-64(68)75(65,53-18-7-3-8-19-53)54-20-9-4-10-21-54/h3-29,32-33,38-42,48-52H,2,30-31,34-37,43-47H2,1H3. The summed E-state index contributed by atoms with van der Waals surface area (Å²) in [6, 6.07) is 80.7. The average molecular weight is 1020 g/mol. The summed E-state index contributed by atoms with van der Waals surface area (Å²) in [4.78, 5) is 5.38. The maximum atomic E-state index is 2.87. The fourth-order valence-electron chi connectivity index (χ4n) is 19.7. The van der Waals surface area contributed by atoms with Crippen molar-refractivity contribution in [1.29, 1.82) is 0 Å². The summed E-state index contributed by atoms with van der Waals surface area (Å²) >= 11 is 0. The van der Waals surface area contributed by atoms with E-state index in [0.29, 0.717) is 0 Å². The molecule has 0 spiro atoms. The number of rotatable bonds is 8. The first-order valence-corrected chi connectivity index (χ1v) is 30.3. The first-order chi connectivity index (χ1) is 39.0. The number of hydrogen-bond donors (Lipinski definition) is 0. The molecular formula is C75H66BN3. The molecule has 0 saturated heterocycles. The monoisotopic (exact) mass is 1020 g/mol. The van der Waals surface area contributed by atoms with Crippen LogP contribution in [0.5, 0.6) is 0 Å². The van der Waals surface area contributed by atoms with E-state index in [0.717, 1.165) is 41.0 Å². The van der Waals surface area contributed by atoms with Crippen molar-refractivity contribution in [1.82, 2.24) is 4.57 Å². The number of aromatic nitrogens is 1. The van der Waals surface area contributed by atoms with Crippen LogP contribution in [0.25, 0.3) is 38.6 Å². The zero-order valence-electron chi connectivity index (χ0n) is 45.4. The van der Waals surface area contributed by atoms with Crippen molar-refractivity contribution >= 4 is 68.0 Å². The molecule has 9 aliphatic rings. The molecule has 0 amide bonds. The van der Waals surface area contributed by atoms with Crippen LogP contribution in [0.3, 0.4) is 0 Å². The van der Waals surface area contributed by atoms with Gasteiger partial charge in [-0.15, -0.1) is 0 Å². The summed E-state index contributed by atoms with van der Waals surface area (Å²) in [5.74, 6) is 4.26. The Balaban J connectivity index is 0.990. The minimum Gasteiger partial charge on any atom is -0.376 e. The molecule has 79 heavy (non-hydrogen) atoms. The molecule has 0 radical (unpaired) electrons. The highest BCUT2D eigenvalue weighted by atomic mass is 15.2. The van der Waals surface area contributed by atoms with E-state index in [9.17, 15) is 0 Å². The SMILES string of the molecule is CCC1(c2ccc3c(c2)c2cc(C45CC6CC(CC(C6)C4)C5)cc4c2n3-c2cc(N(c3ccccc3)c3ccccc3)cc3c2B4N2c4ccccc4C(c4ccccc4)(c4ccccc4)c4cccc-3c42)CC2CCC(C2)C1. The summed E-state index contributed by atoms with van der Waals surface area (Å²) in [5, 5.41) is 2.93. The van der Waals surface area contributed by atoms with Gasteiger partial charge in [-0.2, -0.15) is 0 Å². The van der Waals surface area contributed by atoms with Crippen molar-refractivity contribution in [3.8, 4) is 16.8 Å². The highest BCUT2D eigenvalue weighted by Gasteiger charge is 2.56. The number of para-hydroxylation sites is 4. The second-order valence-corrected chi connectivity index (χ2v) is 26.2. The smallest absolute Gasteiger partial charge is 0.333 e. The number of hydrogen-bond acceptors (Lipinski definition) is 2. The Labute approximate surface area is 466 Å². The maximum Gasteiger partial charge on any atom is 0.333 e. The number of anilines is 5. The second kappa shape index (κ2) is 16.5. The molecule has 9 aromatic carbocycles. The molecule has 6 fully saturated rings. The predicted molar refractivity (Wildman–Crippen MR) is 328 cm³/mol. The van der Waals surface area contributed by atoms with Crippen molar-refractivity contribution < 1.29 is 0 Å². The Bertz CT molecular complexity index is 4000. The van der Waals surface area contributed by atoms with Gasteiger partial charge in [-0.1, -0.05) is 165 Å². The van der Waals surface area contributed by atoms with Crippen LogP contribution in [0.1, 0.15) is 117 Å². The van der Waals surface area contributed by atoms with Crippen LogP contribution in [0.2, 0.25) is 0 Å². The Morgan fingerprint density at radius 1 is 0.468 bits per heavy atom. The molecule has 1 aromatic heterocycles. The Morgan fingerprint density at radius 2 is 1.05 bits per heavy atom. The molecule has 6 saturated carbocycles. The van der Waals surface area contributed by atoms with E-state index in [4.69, 9.17) is 0 Å². The predicted octanol–water partition coefficient (Wildman–Crippen LogP) is 17.5. The fourth-order valence-corrected chi connectivity index (χ4v) is 19.7. The lowest BCUT2D eigenvalue weighted by molar-refractivity contribution is -0.00509. The van der Waals surface area contributed by atoms with Crippen LogP contribution >= 0.6 is 0 Å². The number of nitrogens with zero attached hydrogens (tertiary/aromatic N) is 3. The fraction of sp³-hybridized carbons (Fsp3) is 0.280. The van der Waals surface area contributed by atoms with E-state index in [1.54, 1.807) is 11.1 Å². The average Bonchev–Trinajstić information content (AvgIpc) is 4.25. The summed E-state index contributed by atoms with van der Waals surface area (Å²) < 4.78 is 2.78. The van der Waals surface area contributed by atoms with Gasteiger partial charge in [0, 0.05) is 50.5 Å². The van der Waals surface area contributed by atoms with Gasteiger partial charge in [-0.05, 0) is 215 Å². The topological polar surface area (TPSA) is 11.4 Å². The summed E-state index contributed by atoms with van der Waals surface area (Å²) in [6.07, 6.45) is 16.5. The van der Waals surface area contributed by atoms with Gasteiger partial charge < -0.3 is 14.3 Å². The van der Waals surface area contributed by atoms with E-state index in [2.05, 4.69) is 227 Å². The highest BCUT2D eigenvalue weighted by Crippen LogP contribution is 2.63. The zero-order chi connectivity index (χ0) is 51.8. The minimum absolute atomic E-state index is 0.0797. The van der Waals surface area contributed by atoms with Gasteiger partial charge in [0.1, 0.15) is 0 Å². The van der Waals surface area contributed by atoms with E-state index < -0.39 is 5.41 Å². The third kappa shape index (κ3) is 6.16. The van der Waals surface area contributed by atoms with Gasteiger partial charge in [0.2, 0.25) is 0 Å². The molecule has 3 nitrogen and oxygen atoms in total. The quantitative estimate of drug-likeness (QED) is 0.141. The summed E-state index contributed by atoms with van der Waals surface area (Å²) in [6.45, 7) is 2.43. The van der Waals surface area contributed by atoms with E-state index in [-0.39, 0.29) is 17.7 Å². The second-order valence-electron chi connectivity index (χ2n) is 26.2. The van der Waals surface area contributed by atoms with Crippen molar-refractivity contribution in [3.05, 3.63) is 240 Å². The third-order valence-electron chi connectivity index (χ3n) is 22.3. The van der Waals surface area contributed by atoms with Crippen molar-refractivity contribution in [2.75, 3.05) is 9.71 Å². The van der Waals surface area contributed by atoms with Crippen LogP contribution in [0.4, 0.5) is 28.4 Å². The van der Waals surface area contributed by atoms with E-state index in [1.165, 1.54) is 166 Å². The van der Waals surface area contributed by atoms with Gasteiger partial charge in [-0.3, -0.25) is 0 Å². The Morgan fingerprint density at radius 3 is 1.70 bits per heavy atom. The van der Waals surface area contributed by atoms with Crippen molar-refractivity contribution in [2.24, 2.45) is 29.6 Å². The van der Waals surface area contributed by atoms with Crippen LogP contribution in [0.15, 0.2) is 206 Å². The van der Waals surface area contributed by atoms with Gasteiger partial charge >= 0.3 is 6.85 Å². The molecule has 4 heteroatoms. The summed E-state index contributed by atoms with van der Waals surface area (Å²) in [7, 11) is 0. The number of fused-ring (bicyclic) bond motifs is 11. The van der Waals surface area contributed by atoms with Crippen LogP contribution in [-0.4, -0.2) is 11.4 Å². The van der Waals surface area contributed by atoms with E-state index >= 15 is 0 Å². The first-order valence-electron chi connectivity index (χ1n) is 30.3. The Kier molecular flexibility index (Phi) is 9.47. The molecule has 19 rings (SSSR count). The van der Waals surface area contributed by atoms with Gasteiger partial charge in [0.15, 0.2) is 0 Å². The normalized spacial score (nSPS) is 25.8. The molecule has 0 N–H and O–H groups in total. The minimum atomic E-state index is -0.580. The van der Waals surface area contributed by atoms with Crippen molar-refractivity contribution in [3.63, 3.8) is 0 Å². The molecular weight excluding hydrogens is 954 g/mol. The lowest BCUT2D eigenvalue weighted by Crippen LogP contribution is -2.62. The lowest BCUT2D eigenvalue weighted by Gasteiger charge is -2.57. The molecule has 6 aliphatic carbocycles. The maximum absolute atomic E-state index is 2.87. The van der Waals surface area contributed by atoms with Gasteiger partial charge in [0.05, 0.1) is 16.4 Å². The van der Waals surface area contributed by atoms with Crippen molar-refractivity contribution in [2.45, 2.75) is 100 Å². The molecule has 10 aromatic rings. The molecule has 384 valence electrons. The van der Waals surface area contributed by atoms with E-state index in [1.807, 2.05) is 0 Å². The highest BCUT2D eigenvalue weighted by molar-refractivity contribution is 6.93. The van der Waals surface area contributed by atoms with Gasteiger partial charge in [0.25, 0.3) is 0 Å². The third-order valence-corrected chi connectivity index (χ3v) is 22.3.